The van der Waals surface area contributed by atoms with Gasteiger partial charge in [-0.1, -0.05) is 50.9 Å². The van der Waals surface area contributed by atoms with Crippen LogP contribution in [0.1, 0.15) is 49.4 Å². The molecule has 1 heterocycles. The first kappa shape index (κ1) is 32.4. The number of rotatable bonds is 10. The van der Waals surface area contributed by atoms with Crippen LogP contribution in [-0.2, 0) is 12.7 Å². The van der Waals surface area contributed by atoms with Gasteiger partial charge in [0.05, 0.1) is 16.5 Å². The van der Waals surface area contributed by atoms with Gasteiger partial charge in [0.2, 0.25) is 11.2 Å². The van der Waals surface area contributed by atoms with E-state index in [4.69, 9.17) is 37.1 Å². The van der Waals surface area contributed by atoms with Crippen molar-refractivity contribution in [3.8, 4) is 17.2 Å². The van der Waals surface area contributed by atoms with Gasteiger partial charge in [-0.05, 0) is 72.5 Å². The molecule has 1 aromatic heterocycles. The van der Waals surface area contributed by atoms with Gasteiger partial charge in [0.15, 0.2) is 0 Å². The molecule has 0 unspecified atom stereocenters. The quantitative estimate of drug-likeness (QED) is 0.128. The van der Waals surface area contributed by atoms with Gasteiger partial charge in [-0.15, -0.1) is 0 Å². The normalized spacial score (nSPS) is 12.0. The maximum Gasteiger partial charge on any atom is 0.453 e. The van der Waals surface area contributed by atoms with E-state index >= 15 is 0 Å². The van der Waals surface area contributed by atoms with E-state index < -0.39 is 29.1 Å². The summed E-state index contributed by atoms with van der Waals surface area (Å²) in [6.07, 6.45) is -5.09. The molecule has 4 rings (SSSR count). The lowest BCUT2D eigenvalue weighted by molar-refractivity contribution is -0.154. The number of benzene rings is 3. The molecule has 0 fully saturated rings. The van der Waals surface area contributed by atoms with Crippen molar-refractivity contribution >= 4 is 40.1 Å². The Morgan fingerprint density at radius 3 is 1.98 bits per heavy atom. The van der Waals surface area contributed by atoms with E-state index in [1.807, 2.05) is 32.6 Å². The van der Waals surface area contributed by atoms with Crippen LogP contribution in [-0.4, -0.2) is 24.0 Å². The van der Waals surface area contributed by atoms with Crippen molar-refractivity contribution in [2.45, 2.75) is 40.4 Å². The Labute approximate surface area is 256 Å². The molecule has 0 aliphatic heterocycles. The number of halogens is 5. The van der Waals surface area contributed by atoms with Gasteiger partial charge in [0.1, 0.15) is 17.1 Å². The standard InChI is InChI=1S/C32H30Cl2F3NO5/c1-18(2)15-38(16-19(3)4)17-25-26(42-31(40)20-5-7-21(33)8-6-20)14-13-24-27(39)29(30(32(35,36)37)43-28(24)25)41-23-11-9-22(34)10-12-23/h5-14,18-19H,15-17H2,1-4H3. The van der Waals surface area contributed by atoms with Crippen LogP contribution in [0.5, 0.6) is 17.2 Å². The number of alkyl halides is 3. The molecule has 0 aliphatic carbocycles. The fourth-order valence-electron chi connectivity index (χ4n) is 4.63. The van der Waals surface area contributed by atoms with Crippen molar-refractivity contribution in [2.24, 2.45) is 11.8 Å². The minimum Gasteiger partial charge on any atom is -0.449 e. The first-order valence-corrected chi connectivity index (χ1v) is 14.3. The van der Waals surface area contributed by atoms with Crippen LogP contribution in [0.3, 0.4) is 0 Å². The Balaban J connectivity index is 1.92. The SMILES string of the molecule is CC(C)CN(Cc1c(OC(=O)c2ccc(Cl)cc2)ccc2c(=O)c(Oc3ccc(Cl)cc3)c(C(F)(F)F)oc12)CC(C)C. The number of carbonyl (C=O) groups excluding carboxylic acids is 1. The highest BCUT2D eigenvalue weighted by Crippen LogP contribution is 2.40. The van der Waals surface area contributed by atoms with Crippen LogP contribution in [0.15, 0.2) is 69.9 Å². The van der Waals surface area contributed by atoms with Gasteiger partial charge in [-0.25, -0.2) is 4.79 Å². The monoisotopic (exact) mass is 635 g/mol. The minimum absolute atomic E-state index is 0.0321. The fourth-order valence-corrected chi connectivity index (χ4v) is 4.88. The summed E-state index contributed by atoms with van der Waals surface area (Å²) in [4.78, 5) is 28.7. The molecule has 228 valence electrons. The highest BCUT2D eigenvalue weighted by Gasteiger charge is 2.41. The van der Waals surface area contributed by atoms with E-state index in [1.165, 1.54) is 60.7 Å². The Hall–Kier alpha value is -3.53. The second-order valence-corrected chi connectivity index (χ2v) is 11.8. The number of carbonyl (C=O) groups is 1. The topological polar surface area (TPSA) is 69.0 Å². The lowest BCUT2D eigenvalue weighted by atomic mass is 10.1. The van der Waals surface area contributed by atoms with Crippen molar-refractivity contribution in [2.75, 3.05) is 13.1 Å². The molecular formula is C32H30Cl2F3NO5. The van der Waals surface area contributed by atoms with Crippen LogP contribution in [0.25, 0.3) is 11.0 Å². The van der Waals surface area contributed by atoms with E-state index in [1.54, 1.807) is 0 Å². The lowest BCUT2D eigenvalue weighted by Crippen LogP contribution is -2.31. The predicted molar refractivity (Wildman–Crippen MR) is 160 cm³/mol. The molecule has 43 heavy (non-hydrogen) atoms. The Kier molecular flexibility index (Phi) is 10.1. The van der Waals surface area contributed by atoms with Gasteiger partial charge in [0.25, 0.3) is 5.76 Å². The first-order valence-electron chi connectivity index (χ1n) is 13.6. The van der Waals surface area contributed by atoms with Gasteiger partial charge in [0, 0.05) is 29.7 Å². The molecular weight excluding hydrogens is 606 g/mol. The van der Waals surface area contributed by atoms with E-state index in [-0.39, 0.29) is 52.0 Å². The first-order chi connectivity index (χ1) is 20.2. The highest BCUT2D eigenvalue weighted by atomic mass is 35.5. The van der Waals surface area contributed by atoms with Gasteiger partial charge < -0.3 is 13.9 Å². The molecule has 0 saturated carbocycles. The van der Waals surface area contributed by atoms with Crippen molar-refractivity contribution in [3.63, 3.8) is 0 Å². The summed E-state index contributed by atoms with van der Waals surface area (Å²) in [5, 5.41) is 0.595. The molecule has 0 aliphatic rings. The Bertz CT molecular complexity index is 1640. The van der Waals surface area contributed by atoms with E-state index in [0.717, 1.165) is 0 Å². The number of hydrogen-bond acceptors (Lipinski definition) is 6. The number of esters is 1. The van der Waals surface area contributed by atoms with Gasteiger partial charge in [-0.2, -0.15) is 13.2 Å². The van der Waals surface area contributed by atoms with E-state index in [9.17, 15) is 22.8 Å². The van der Waals surface area contributed by atoms with Crippen molar-refractivity contribution in [3.05, 3.63) is 97.8 Å². The van der Waals surface area contributed by atoms with Crippen LogP contribution in [0.2, 0.25) is 10.0 Å². The number of hydrogen-bond donors (Lipinski definition) is 0. The minimum atomic E-state index is -5.09. The highest BCUT2D eigenvalue weighted by molar-refractivity contribution is 6.30. The maximum atomic E-state index is 14.4. The third-order valence-corrected chi connectivity index (χ3v) is 6.78. The van der Waals surface area contributed by atoms with E-state index in [0.29, 0.717) is 23.1 Å². The largest absolute Gasteiger partial charge is 0.453 e. The molecule has 0 spiro atoms. The molecule has 4 aromatic rings. The van der Waals surface area contributed by atoms with Gasteiger partial charge >= 0.3 is 12.1 Å². The maximum absolute atomic E-state index is 14.4. The summed E-state index contributed by atoms with van der Waals surface area (Å²) in [7, 11) is 0. The Morgan fingerprint density at radius 2 is 1.44 bits per heavy atom. The predicted octanol–water partition coefficient (Wildman–Crippen LogP) is 9.24. The molecule has 0 N–H and O–H groups in total. The zero-order chi connectivity index (χ0) is 31.5. The molecule has 11 heteroatoms. The molecule has 6 nitrogen and oxygen atoms in total. The number of fused-ring (bicyclic) bond motifs is 1. The second kappa shape index (κ2) is 13.4. The Morgan fingerprint density at radius 1 is 0.884 bits per heavy atom. The van der Waals surface area contributed by atoms with Crippen LogP contribution in [0, 0.1) is 11.8 Å². The second-order valence-electron chi connectivity index (χ2n) is 10.9. The third kappa shape index (κ3) is 8.10. The average molecular weight is 636 g/mol. The smallest absolute Gasteiger partial charge is 0.449 e. The van der Waals surface area contributed by atoms with Gasteiger partial charge in [-0.3, -0.25) is 9.69 Å². The van der Waals surface area contributed by atoms with Crippen LogP contribution in [0.4, 0.5) is 13.2 Å². The zero-order valence-corrected chi connectivity index (χ0v) is 25.4. The third-order valence-electron chi connectivity index (χ3n) is 6.28. The lowest BCUT2D eigenvalue weighted by Gasteiger charge is -2.27. The summed E-state index contributed by atoms with van der Waals surface area (Å²) >= 11 is 11.8. The van der Waals surface area contributed by atoms with Crippen molar-refractivity contribution in [1.29, 1.82) is 0 Å². The van der Waals surface area contributed by atoms with E-state index in [2.05, 4.69) is 0 Å². The van der Waals surface area contributed by atoms with Crippen molar-refractivity contribution < 1.29 is 31.9 Å². The molecule has 0 bridgehead atoms. The molecule has 3 aromatic carbocycles. The summed E-state index contributed by atoms with van der Waals surface area (Å²) in [6, 6.07) is 14.1. The summed E-state index contributed by atoms with van der Waals surface area (Å²) in [5.41, 5.74) is -1.07. The zero-order valence-electron chi connectivity index (χ0n) is 23.9. The average Bonchev–Trinajstić information content (AvgIpc) is 2.91. The summed E-state index contributed by atoms with van der Waals surface area (Å²) in [6.45, 7) is 9.29. The molecule has 0 atom stereocenters. The number of ether oxygens (including phenoxy) is 2. The van der Waals surface area contributed by atoms with Crippen LogP contribution >= 0.6 is 23.2 Å². The van der Waals surface area contributed by atoms with Crippen molar-refractivity contribution in [1.82, 2.24) is 4.90 Å². The fraction of sp³-hybridized carbons (Fsp3) is 0.312. The molecule has 0 radical (unpaired) electrons. The summed E-state index contributed by atoms with van der Waals surface area (Å²) < 4.78 is 59.8. The van der Waals surface area contributed by atoms with Crippen LogP contribution < -0.4 is 14.9 Å². The number of nitrogens with zero attached hydrogens (tertiary/aromatic N) is 1. The molecule has 0 amide bonds. The summed E-state index contributed by atoms with van der Waals surface area (Å²) in [5.74, 6) is -3.01. The molecule has 0 saturated heterocycles.